The average Bonchev–Trinajstić information content (AvgIpc) is 2.98. The number of thioether (sulfide) groups is 4. The Morgan fingerprint density at radius 3 is 1.75 bits per heavy atom. The largest absolute Gasteiger partial charge is 0.156 e. The van der Waals surface area contributed by atoms with Crippen molar-refractivity contribution in [2.45, 2.75) is 15.1 Å². The van der Waals surface area contributed by atoms with E-state index in [1.165, 1.54) is 23.0 Å². The van der Waals surface area contributed by atoms with Crippen molar-refractivity contribution in [2.75, 3.05) is 23.0 Å². The van der Waals surface area contributed by atoms with Crippen molar-refractivity contribution in [1.82, 2.24) is 0 Å². The lowest BCUT2D eigenvalue weighted by molar-refractivity contribution is 0.700. The Kier molecular flexibility index (Phi) is 2.55. The zero-order valence-electron chi connectivity index (χ0n) is 6.77. The molecule has 3 saturated heterocycles. The Balaban J connectivity index is 1.51. The van der Waals surface area contributed by atoms with Gasteiger partial charge in [0.2, 0.25) is 0 Å². The second kappa shape index (κ2) is 3.52. The summed E-state index contributed by atoms with van der Waals surface area (Å²) < 4.78 is 0.954. The molecule has 0 nitrogen and oxygen atoms in total. The van der Waals surface area contributed by atoms with Gasteiger partial charge in [0, 0.05) is 22.0 Å². The topological polar surface area (TPSA) is 0 Å². The summed E-state index contributed by atoms with van der Waals surface area (Å²) in [6.45, 7) is 0. The molecule has 0 amide bonds. The van der Waals surface area contributed by atoms with Gasteiger partial charge in [-0.15, -0.1) is 23.5 Å². The Morgan fingerprint density at radius 2 is 1.25 bits per heavy atom. The van der Waals surface area contributed by atoms with Crippen LogP contribution in [0.3, 0.4) is 0 Å². The molecule has 0 saturated carbocycles. The maximum absolute atomic E-state index is 2.24. The average molecular weight is 236 g/mol. The summed E-state index contributed by atoms with van der Waals surface area (Å²) in [5.74, 6) is 6.84. The number of hydrogen-bond donors (Lipinski definition) is 0. The molecule has 3 heterocycles. The zero-order chi connectivity index (χ0) is 7.97. The van der Waals surface area contributed by atoms with Crippen molar-refractivity contribution < 1.29 is 0 Å². The van der Waals surface area contributed by atoms with Gasteiger partial charge >= 0.3 is 0 Å². The molecule has 68 valence electrons. The molecule has 0 aromatic heterocycles. The Bertz CT molecular complexity index is 148. The lowest BCUT2D eigenvalue weighted by Crippen LogP contribution is -2.23. The molecular weight excluding hydrogens is 224 g/mol. The van der Waals surface area contributed by atoms with Gasteiger partial charge in [0.1, 0.15) is 0 Å². The van der Waals surface area contributed by atoms with Crippen LogP contribution in [0.4, 0.5) is 0 Å². The van der Waals surface area contributed by atoms with Crippen LogP contribution in [0.25, 0.3) is 0 Å². The predicted octanol–water partition coefficient (Wildman–Crippen LogP) is 2.64. The molecule has 2 atom stereocenters. The fourth-order valence-corrected chi connectivity index (χ4v) is 7.44. The lowest BCUT2D eigenvalue weighted by atomic mass is 10.1. The monoisotopic (exact) mass is 236 g/mol. The highest BCUT2D eigenvalue weighted by atomic mass is 32.2. The molecule has 0 N–H and O–H groups in total. The van der Waals surface area contributed by atoms with Crippen molar-refractivity contribution in [3.8, 4) is 0 Å². The summed E-state index contributed by atoms with van der Waals surface area (Å²) in [4.78, 5) is 0. The summed E-state index contributed by atoms with van der Waals surface area (Å²) in [6.07, 6.45) is 0. The van der Waals surface area contributed by atoms with Gasteiger partial charge in [0.25, 0.3) is 0 Å². The van der Waals surface area contributed by atoms with Gasteiger partial charge in [-0.1, -0.05) is 0 Å². The first-order valence-corrected chi connectivity index (χ1v) is 8.59. The van der Waals surface area contributed by atoms with Gasteiger partial charge < -0.3 is 0 Å². The second-order valence-electron chi connectivity index (χ2n) is 3.54. The molecule has 0 aromatic carbocycles. The summed E-state index contributed by atoms with van der Waals surface area (Å²) in [5.41, 5.74) is 0. The maximum Gasteiger partial charge on any atom is 0.0629 e. The summed E-state index contributed by atoms with van der Waals surface area (Å²) >= 11 is 8.80. The minimum Gasteiger partial charge on any atom is -0.156 e. The summed E-state index contributed by atoms with van der Waals surface area (Å²) in [6, 6.07) is 0. The third kappa shape index (κ3) is 1.91. The quantitative estimate of drug-likeness (QED) is 0.676. The molecule has 0 spiro atoms. The van der Waals surface area contributed by atoms with Crippen molar-refractivity contribution in [2.24, 2.45) is 5.92 Å². The second-order valence-corrected chi connectivity index (χ2v) is 8.73. The maximum atomic E-state index is 2.24. The SMILES string of the molecule is C1SC(C2CS2)SCC1C1CS1. The first kappa shape index (κ1) is 8.69. The van der Waals surface area contributed by atoms with E-state index in [1.807, 2.05) is 0 Å². The third-order valence-electron chi connectivity index (χ3n) is 2.50. The van der Waals surface area contributed by atoms with E-state index in [-0.39, 0.29) is 0 Å². The van der Waals surface area contributed by atoms with Gasteiger partial charge in [-0.05, 0) is 17.4 Å². The van der Waals surface area contributed by atoms with Crippen LogP contribution in [0.1, 0.15) is 0 Å². The van der Waals surface area contributed by atoms with Crippen LogP contribution in [0.5, 0.6) is 0 Å². The summed E-state index contributed by atoms with van der Waals surface area (Å²) in [5, 5.41) is 2.07. The Hall–Kier alpha value is 1.40. The highest BCUT2D eigenvalue weighted by Gasteiger charge is 2.40. The van der Waals surface area contributed by atoms with E-state index < -0.39 is 0 Å². The van der Waals surface area contributed by atoms with Crippen LogP contribution >= 0.6 is 47.0 Å². The van der Waals surface area contributed by atoms with Gasteiger partial charge in [-0.3, -0.25) is 0 Å². The highest BCUT2D eigenvalue weighted by Crippen LogP contribution is 2.50. The molecule has 3 aliphatic rings. The molecule has 3 aliphatic heterocycles. The van der Waals surface area contributed by atoms with E-state index in [0.29, 0.717) is 0 Å². The van der Waals surface area contributed by atoms with Crippen molar-refractivity contribution in [3.05, 3.63) is 0 Å². The van der Waals surface area contributed by atoms with E-state index in [1.54, 1.807) is 0 Å². The van der Waals surface area contributed by atoms with Crippen LogP contribution in [0.2, 0.25) is 0 Å². The van der Waals surface area contributed by atoms with E-state index >= 15 is 0 Å². The smallest absolute Gasteiger partial charge is 0.0629 e. The highest BCUT2D eigenvalue weighted by molar-refractivity contribution is 8.20. The molecule has 0 radical (unpaired) electrons. The zero-order valence-corrected chi connectivity index (χ0v) is 10.0. The molecule has 2 unspecified atom stereocenters. The van der Waals surface area contributed by atoms with E-state index in [0.717, 1.165) is 21.0 Å². The molecule has 0 aromatic rings. The minimum absolute atomic E-state index is 0.954. The van der Waals surface area contributed by atoms with E-state index in [4.69, 9.17) is 0 Å². The fraction of sp³-hybridized carbons (Fsp3) is 1.00. The summed E-state index contributed by atoms with van der Waals surface area (Å²) in [7, 11) is 0. The first-order valence-electron chi connectivity index (χ1n) is 4.40. The minimum atomic E-state index is 0.954. The van der Waals surface area contributed by atoms with Gasteiger partial charge in [0.15, 0.2) is 0 Å². The van der Waals surface area contributed by atoms with Crippen molar-refractivity contribution in [3.63, 3.8) is 0 Å². The molecule has 3 fully saturated rings. The predicted molar refractivity (Wildman–Crippen MR) is 64.7 cm³/mol. The van der Waals surface area contributed by atoms with Gasteiger partial charge in [-0.25, -0.2) is 0 Å². The standard InChI is InChI=1S/C8H12S4/c1-5(6-3-9-6)2-12-8(11-1)7-4-10-7/h5-8H,1-4H2. The lowest BCUT2D eigenvalue weighted by Gasteiger charge is -2.26. The number of hydrogen-bond acceptors (Lipinski definition) is 4. The Morgan fingerprint density at radius 1 is 0.667 bits per heavy atom. The molecule has 12 heavy (non-hydrogen) atoms. The molecular formula is C8H12S4. The Labute approximate surface area is 90.8 Å². The van der Waals surface area contributed by atoms with Crippen LogP contribution in [0, 0.1) is 5.92 Å². The molecule has 3 rings (SSSR count). The van der Waals surface area contributed by atoms with Crippen LogP contribution in [0.15, 0.2) is 0 Å². The molecule has 0 bridgehead atoms. The van der Waals surface area contributed by atoms with E-state index in [9.17, 15) is 0 Å². The third-order valence-corrected chi connectivity index (χ3v) is 8.31. The number of rotatable bonds is 2. The molecule has 4 heteroatoms. The van der Waals surface area contributed by atoms with Crippen LogP contribution in [-0.4, -0.2) is 38.1 Å². The van der Waals surface area contributed by atoms with E-state index in [2.05, 4.69) is 47.0 Å². The van der Waals surface area contributed by atoms with Gasteiger partial charge in [-0.2, -0.15) is 23.5 Å². The fourth-order valence-electron chi connectivity index (χ4n) is 1.50. The van der Waals surface area contributed by atoms with Crippen LogP contribution < -0.4 is 0 Å². The van der Waals surface area contributed by atoms with Crippen molar-refractivity contribution in [1.29, 1.82) is 0 Å². The van der Waals surface area contributed by atoms with Crippen molar-refractivity contribution >= 4 is 47.0 Å². The van der Waals surface area contributed by atoms with Crippen LogP contribution in [-0.2, 0) is 0 Å². The first-order chi connectivity index (χ1) is 5.93. The van der Waals surface area contributed by atoms with Gasteiger partial charge in [0.05, 0.1) is 4.58 Å². The molecule has 0 aliphatic carbocycles. The normalized spacial score (nSPS) is 52.0.